The maximum absolute atomic E-state index is 9.27. The Bertz CT molecular complexity index is 509. The minimum absolute atomic E-state index is 0.304. The van der Waals surface area contributed by atoms with E-state index in [1.165, 1.54) is 4.88 Å². The van der Waals surface area contributed by atoms with Gasteiger partial charge in [0.1, 0.15) is 6.04 Å². The highest BCUT2D eigenvalue weighted by molar-refractivity contribution is 7.09. The Kier molecular flexibility index (Phi) is 4.51. The number of imidazole rings is 1. The van der Waals surface area contributed by atoms with E-state index in [2.05, 4.69) is 29.4 Å². The van der Waals surface area contributed by atoms with Gasteiger partial charge in [0.15, 0.2) is 0 Å². The Balaban J connectivity index is 2.04. The average Bonchev–Trinajstić information content (AvgIpc) is 3.02. The lowest BCUT2D eigenvalue weighted by atomic mass is 10.2. The number of nitrogens with zero attached hydrogens (tertiary/aromatic N) is 3. The molecule has 5 heteroatoms. The van der Waals surface area contributed by atoms with Crippen LogP contribution in [-0.4, -0.2) is 9.55 Å². The number of thiophene rings is 1. The lowest BCUT2D eigenvalue weighted by Gasteiger charge is -2.13. The third kappa shape index (κ3) is 2.97. The van der Waals surface area contributed by atoms with Crippen molar-refractivity contribution in [2.45, 2.75) is 32.5 Å². The summed E-state index contributed by atoms with van der Waals surface area (Å²) in [4.78, 5) is 5.36. The standard InChI is InChI=1S/C13H16N4S/c1-2-5-17-10-15-9-13(17)12(7-14)16-8-11-4-3-6-18-11/h3-4,6,9-10,12,16H,2,5,8H2,1H3. The van der Waals surface area contributed by atoms with Crippen molar-refractivity contribution in [3.05, 3.63) is 40.6 Å². The Morgan fingerprint density at radius 1 is 1.61 bits per heavy atom. The molecule has 0 radical (unpaired) electrons. The SMILES string of the molecule is CCCn1cncc1C(C#N)NCc1cccs1. The van der Waals surface area contributed by atoms with Gasteiger partial charge < -0.3 is 4.57 Å². The number of aryl methyl sites for hydroxylation is 1. The molecule has 0 fully saturated rings. The van der Waals surface area contributed by atoms with Crippen molar-refractivity contribution in [3.8, 4) is 6.07 Å². The van der Waals surface area contributed by atoms with E-state index in [-0.39, 0.29) is 6.04 Å². The van der Waals surface area contributed by atoms with E-state index >= 15 is 0 Å². The number of aromatic nitrogens is 2. The molecule has 0 aliphatic rings. The highest BCUT2D eigenvalue weighted by Gasteiger charge is 2.14. The van der Waals surface area contributed by atoms with Crippen LogP contribution in [0.3, 0.4) is 0 Å². The summed E-state index contributed by atoms with van der Waals surface area (Å²) in [5.41, 5.74) is 0.941. The van der Waals surface area contributed by atoms with Crippen LogP contribution in [0.15, 0.2) is 30.0 Å². The minimum Gasteiger partial charge on any atom is -0.332 e. The van der Waals surface area contributed by atoms with Gasteiger partial charge in [-0.15, -0.1) is 11.3 Å². The van der Waals surface area contributed by atoms with Crippen LogP contribution in [0.1, 0.15) is 30.0 Å². The van der Waals surface area contributed by atoms with Crippen molar-refractivity contribution >= 4 is 11.3 Å². The number of nitriles is 1. The average molecular weight is 260 g/mol. The fourth-order valence-corrected chi connectivity index (χ4v) is 2.49. The number of hydrogen-bond donors (Lipinski definition) is 1. The fraction of sp³-hybridized carbons (Fsp3) is 0.385. The van der Waals surface area contributed by atoms with E-state index in [9.17, 15) is 5.26 Å². The Hall–Kier alpha value is -1.64. The van der Waals surface area contributed by atoms with Crippen LogP contribution in [0.5, 0.6) is 0 Å². The highest BCUT2D eigenvalue weighted by Crippen LogP contribution is 2.15. The Morgan fingerprint density at radius 3 is 3.17 bits per heavy atom. The zero-order valence-corrected chi connectivity index (χ0v) is 11.2. The van der Waals surface area contributed by atoms with Crippen LogP contribution in [0, 0.1) is 11.3 Å². The number of nitrogens with one attached hydrogen (secondary N) is 1. The molecule has 1 unspecified atom stereocenters. The second kappa shape index (κ2) is 6.34. The van der Waals surface area contributed by atoms with Crippen LogP contribution in [-0.2, 0) is 13.1 Å². The van der Waals surface area contributed by atoms with Crippen molar-refractivity contribution in [2.75, 3.05) is 0 Å². The van der Waals surface area contributed by atoms with Gasteiger partial charge in [-0.1, -0.05) is 13.0 Å². The highest BCUT2D eigenvalue weighted by atomic mass is 32.1. The van der Waals surface area contributed by atoms with Crippen LogP contribution in [0.2, 0.25) is 0 Å². The Morgan fingerprint density at radius 2 is 2.50 bits per heavy atom. The van der Waals surface area contributed by atoms with Crippen molar-refractivity contribution < 1.29 is 0 Å². The lowest BCUT2D eigenvalue weighted by molar-refractivity contribution is 0.565. The molecule has 2 rings (SSSR count). The largest absolute Gasteiger partial charge is 0.332 e. The molecule has 1 N–H and O–H groups in total. The first kappa shape index (κ1) is 12.8. The summed E-state index contributed by atoms with van der Waals surface area (Å²) in [6.07, 6.45) is 4.59. The second-order valence-electron chi connectivity index (χ2n) is 4.03. The van der Waals surface area contributed by atoms with Gasteiger partial charge in [-0.2, -0.15) is 5.26 Å². The van der Waals surface area contributed by atoms with Crippen molar-refractivity contribution in [1.82, 2.24) is 14.9 Å². The number of rotatable bonds is 6. The lowest BCUT2D eigenvalue weighted by Crippen LogP contribution is -2.21. The molecule has 0 aromatic carbocycles. The van der Waals surface area contributed by atoms with E-state index in [0.717, 1.165) is 18.7 Å². The van der Waals surface area contributed by atoms with Gasteiger partial charge in [0.25, 0.3) is 0 Å². The summed E-state index contributed by atoms with van der Waals surface area (Å²) in [6, 6.07) is 6.08. The first-order valence-electron chi connectivity index (χ1n) is 6.00. The van der Waals surface area contributed by atoms with E-state index in [1.807, 2.05) is 16.0 Å². The monoisotopic (exact) mass is 260 g/mol. The topological polar surface area (TPSA) is 53.6 Å². The van der Waals surface area contributed by atoms with Crippen LogP contribution >= 0.6 is 11.3 Å². The van der Waals surface area contributed by atoms with Gasteiger partial charge in [-0.3, -0.25) is 5.32 Å². The molecule has 0 bridgehead atoms. The van der Waals surface area contributed by atoms with Gasteiger partial charge in [0, 0.05) is 18.0 Å². The molecule has 1 atom stereocenters. The first-order valence-corrected chi connectivity index (χ1v) is 6.88. The maximum Gasteiger partial charge on any atom is 0.138 e. The summed E-state index contributed by atoms with van der Waals surface area (Å²) in [5.74, 6) is 0. The number of hydrogen-bond acceptors (Lipinski definition) is 4. The van der Waals surface area contributed by atoms with E-state index < -0.39 is 0 Å². The summed E-state index contributed by atoms with van der Waals surface area (Å²) in [6.45, 7) is 3.73. The smallest absolute Gasteiger partial charge is 0.138 e. The normalized spacial score (nSPS) is 12.2. The summed E-state index contributed by atoms with van der Waals surface area (Å²) >= 11 is 1.69. The third-order valence-electron chi connectivity index (χ3n) is 2.69. The molecule has 0 saturated carbocycles. The van der Waals surface area contributed by atoms with Gasteiger partial charge in [-0.25, -0.2) is 4.98 Å². The quantitative estimate of drug-likeness (QED) is 0.868. The molecule has 0 spiro atoms. The predicted octanol–water partition coefficient (Wildman–Crippen LogP) is 2.71. The minimum atomic E-state index is -0.304. The molecule has 0 aliphatic carbocycles. The molecule has 18 heavy (non-hydrogen) atoms. The van der Waals surface area contributed by atoms with Crippen LogP contribution in [0.4, 0.5) is 0 Å². The molecular formula is C13H16N4S. The molecular weight excluding hydrogens is 244 g/mol. The molecule has 2 heterocycles. The molecule has 0 saturated heterocycles. The van der Waals surface area contributed by atoms with E-state index in [1.54, 1.807) is 23.9 Å². The van der Waals surface area contributed by atoms with E-state index in [4.69, 9.17) is 0 Å². The van der Waals surface area contributed by atoms with Gasteiger partial charge in [0.2, 0.25) is 0 Å². The molecule has 2 aromatic heterocycles. The zero-order valence-electron chi connectivity index (χ0n) is 10.3. The fourth-order valence-electron chi connectivity index (χ4n) is 1.83. The summed E-state index contributed by atoms with van der Waals surface area (Å²) < 4.78 is 2.04. The molecule has 2 aromatic rings. The zero-order chi connectivity index (χ0) is 12.8. The first-order chi connectivity index (χ1) is 8.85. The molecule has 94 valence electrons. The second-order valence-corrected chi connectivity index (χ2v) is 5.07. The maximum atomic E-state index is 9.27. The van der Waals surface area contributed by atoms with Crippen molar-refractivity contribution in [3.63, 3.8) is 0 Å². The molecule has 4 nitrogen and oxygen atoms in total. The van der Waals surface area contributed by atoms with Crippen molar-refractivity contribution in [2.24, 2.45) is 0 Å². The van der Waals surface area contributed by atoms with Crippen molar-refractivity contribution in [1.29, 1.82) is 5.26 Å². The van der Waals surface area contributed by atoms with Gasteiger partial charge in [-0.05, 0) is 17.9 Å². The summed E-state index contributed by atoms with van der Waals surface area (Å²) in [5, 5.41) is 14.6. The van der Waals surface area contributed by atoms with Gasteiger partial charge in [0.05, 0.1) is 24.3 Å². The summed E-state index contributed by atoms with van der Waals surface area (Å²) in [7, 11) is 0. The Labute approximate surface area is 111 Å². The molecule has 0 aliphatic heterocycles. The van der Waals surface area contributed by atoms with Crippen LogP contribution in [0.25, 0.3) is 0 Å². The van der Waals surface area contributed by atoms with E-state index in [0.29, 0.717) is 6.54 Å². The van der Waals surface area contributed by atoms with Crippen LogP contribution < -0.4 is 5.32 Å². The van der Waals surface area contributed by atoms with Gasteiger partial charge >= 0.3 is 0 Å². The predicted molar refractivity (Wildman–Crippen MR) is 72.0 cm³/mol. The molecule has 0 amide bonds. The third-order valence-corrected chi connectivity index (χ3v) is 3.57.